The molecule has 5 fully saturated rings. The number of carbonyl (C=O) groups excluding carboxylic acids is 1. The van der Waals surface area contributed by atoms with Gasteiger partial charge in [0.2, 0.25) is 0 Å². The molecule has 0 bridgehead atoms. The molecule has 248 valence electrons. The van der Waals surface area contributed by atoms with E-state index in [0.717, 1.165) is 29.7 Å². The number of phenolic OH excluding ortho intramolecular Hbond substituents is 1. The second-order valence-corrected chi connectivity index (χ2v) is 17.5. The number of esters is 1. The number of rotatable bonds is 9. The molecule has 0 saturated heterocycles. The number of methoxy groups -OCH3 is 1. The molecule has 1 aromatic rings. The number of allylic oxidation sites excluding steroid dienone is 1. The first-order valence-corrected chi connectivity index (χ1v) is 18.1. The Morgan fingerprint density at radius 1 is 1.02 bits per heavy atom. The monoisotopic (exact) mass is 616 g/mol. The molecule has 9 atom stereocenters. The molecule has 0 aliphatic heterocycles. The van der Waals surface area contributed by atoms with Crippen molar-refractivity contribution in [2.24, 2.45) is 56.7 Å². The molecule has 1 N–H and O–H groups in total. The Morgan fingerprint density at radius 2 is 1.78 bits per heavy atom. The van der Waals surface area contributed by atoms with Crippen LogP contribution in [0.3, 0.4) is 0 Å². The SMILES string of the molecule is C=C(CC[C@@H](C)[C@H]1CC[C@@H]2[C@]1(C)CC[C@@]13C[C@@]14CC[C@H](OC(=O)/C=C/c1ccc(O)c(OC)c1)C(C)(C)[C@@H]4CC[C@@]23C)C(C)C. The molecule has 5 saturated carbocycles. The van der Waals surface area contributed by atoms with Crippen molar-refractivity contribution in [1.82, 2.24) is 0 Å². The second-order valence-electron chi connectivity index (χ2n) is 17.5. The van der Waals surface area contributed by atoms with E-state index in [1.54, 1.807) is 24.3 Å². The largest absolute Gasteiger partial charge is 0.504 e. The maximum absolute atomic E-state index is 13.1. The zero-order valence-electron chi connectivity index (χ0n) is 29.5. The lowest BCUT2D eigenvalue weighted by Gasteiger charge is -2.64. The van der Waals surface area contributed by atoms with Crippen molar-refractivity contribution >= 4 is 12.0 Å². The van der Waals surface area contributed by atoms with Gasteiger partial charge in [-0.3, -0.25) is 0 Å². The van der Waals surface area contributed by atoms with Gasteiger partial charge >= 0.3 is 5.97 Å². The zero-order valence-corrected chi connectivity index (χ0v) is 29.5. The highest BCUT2D eigenvalue weighted by Gasteiger charge is 2.83. The highest BCUT2D eigenvalue weighted by molar-refractivity contribution is 5.87. The minimum absolute atomic E-state index is 0.0410. The summed E-state index contributed by atoms with van der Waals surface area (Å²) in [5.74, 6) is 3.85. The summed E-state index contributed by atoms with van der Waals surface area (Å²) >= 11 is 0. The summed E-state index contributed by atoms with van der Waals surface area (Å²) in [7, 11) is 1.52. The number of carbonyl (C=O) groups is 1. The average Bonchev–Trinajstić information content (AvgIpc) is 3.53. The van der Waals surface area contributed by atoms with Crippen LogP contribution in [-0.2, 0) is 9.53 Å². The maximum Gasteiger partial charge on any atom is 0.331 e. The number of hydrogen-bond donors (Lipinski definition) is 1. The van der Waals surface area contributed by atoms with Crippen molar-refractivity contribution in [3.05, 3.63) is 42.0 Å². The third kappa shape index (κ3) is 4.85. The number of ether oxygens (including phenoxy) is 2. The van der Waals surface area contributed by atoms with Gasteiger partial charge in [-0.2, -0.15) is 0 Å². The highest BCUT2D eigenvalue weighted by Crippen LogP contribution is 2.90. The Hall–Kier alpha value is -2.23. The van der Waals surface area contributed by atoms with E-state index >= 15 is 0 Å². The predicted octanol–water partition coefficient (Wildman–Crippen LogP) is 10.4. The van der Waals surface area contributed by atoms with Gasteiger partial charge in [0.05, 0.1) is 7.11 Å². The third-order valence-corrected chi connectivity index (χ3v) is 15.3. The minimum Gasteiger partial charge on any atom is -0.504 e. The standard InChI is InChI=1S/C41H60O4/c1-26(2)27(3)10-11-28(4)30-14-16-34-38(30,7)22-23-41-25-40(41)21-19-35(37(5,6)33(40)18-20-39(34,41)8)45-36(43)17-13-29-12-15-31(42)32(24-29)44-9/h12-13,15,17,24,26,28,30,33-35,42H,3,10-11,14,16,18-23,25H2,1-2,4-9H3/b17-13+/t28-,30-,33+,34-,35+,38-,39+,40-,41+/m1/s1. The van der Waals surface area contributed by atoms with Crippen LogP contribution in [0.4, 0.5) is 0 Å². The molecule has 0 heterocycles. The molecule has 1 aromatic carbocycles. The summed E-state index contributed by atoms with van der Waals surface area (Å²) in [5.41, 5.74) is 3.97. The summed E-state index contributed by atoms with van der Waals surface area (Å²) in [4.78, 5) is 13.1. The van der Waals surface area contributed by atoms with E-state index in [4.69, 9.17) is 9.47 Å². The van der Waals surface area contributed by atoms with Crippen molar-refractivity contribution < 1.29 is 19.4 Å². The van der Waals surface area contributed by atoms with Crippen LogP contribution in [0.1, 0.15) is 125 Å². The first-order chi connectivity index (χ1) is 21.1. The van der Waals surface area contributed by atoms with Gasteiger partial charge in [-0.25, -0.2) is 4.79 Å². The molecule has 0 aromatic heterocycles. The van der Waals surface area contributed by atoms with Crippen molar-refractivity contribution in [2.45, 2.75) is 125 Å². The second kappa shape index (κ2) is 11.2. The van der Waals surface area contributed by atoms with Gasteiger partial charge in [-0.1, -0.05) is 66.7 Å². The van der Waals surface area contributed by atoms with Crippen LogP contribution < -0.4 is 4.74 Å². The van der Waals surface area contributed by atoms with Crippen LogP contribution in [-0.4, -0.2) is 24.3 Å². The van der Waals surface area contributed by atoms with Gasteiger partial charge < -0.3 is 14.6 Å². The number of fused-ring (bicyclic) bond motifs is 2. The van der Waals surface area contributed by atoms with Crippen LogP contribution >= 0.6 is 0 Å². The fraction of sp³-hybridized carbons (Fsp3) is 0.732. The molecule has 2 spiro atoms. The number of aromatic hydroxyl groups is 1. The molecule has 4 nitrogen and oxygen atoms in total. The Bertz CT molecular complexity index is 1360. The van der Waals surface area contributed by atoms with Crippen LogP contribution in [0, 0.1) is 56.7 Å². The Balaban J connectivity index is 1.15. The van der Waals surface area contributed by atoms with Gasteiger partial charge in [0.15, 0.2) is 11.5 Å². The van der Waals surface area contributed by atoms with Gasteiger partial charge in [-0.15, -0.1) is 0 Å². The average molecular weight is 617 g/mol. The van der Waals surface area contributed by atoms with E-state index < -0.39 is 0 Å². The van der Waals surface area contributed by atoms with Gasteiger partial charge in [-0.05, 0) is 146 Å². The molecular formula is C41H60O4. The topological polar surface area (TPSA) is 55.8 Å². The summed E-state index contributed by atoms with van der Waals surface area (Å²) in [6, 6.07) is 5.08. The third-order valence-electron chi connectivity index (χ3n) is 15.3. The lowest BCUT2D eigenvalue weighted by Crippen LogP contribution is -2.58. The fourth-order valence-electron chi connectivity index (χ4n) is 12.7. The lowest BCUT2D eigenvalue weighted by atomic mass is 9.41. The van der Waals surface area contributed by atoms with Crippen molar-refractivity contribution in [1.29, 1.82) is 0 Å². The van der Waals surface area contributed by atoms with E-state index in [0.29, 0.717) is 39.2 Å². The van der Waals surface area contributed by atoms with E-state index in [9.17, 15) is 9.90 Å². The molecule has 45 heavy (non-hydrogen) atoms. The van der Waals surface area contributed by atoms with E-state index in [-0.39, 0.29) is 23.2 Å². The van der Waals surface area contributed by atoms with E-state index in [1.807, 2.05) is 0 Å². The number of hydrogen-bond acceptors (Lipinski definition) is 4. The van der Waals surface area contributed by atoms with Crippen molar-refractivity contribution in [3.63, 3.8) is 0 Å². The Labute approximate surface area is 273 Å². The first-order valence-electron chi connectivity index (χ1n) is 18.1. The van der Waals surface area contributed by atoms with Crippen LogP contribution in [0.5, 0.6) is 11.5 Å². The first kappa shape index (κ1) is 32.7. The van der Waals surface area contributed by atoms with Gasteiger partial charge in [0.1, 0.15) is 6.10 Å². The molecule has 6 rings (SSSR count). The van der Waals surface area contributed by atoms with Gasteiger partial charge in [0, 0.05) is 11.5 Å². The summed E-state index contributed by atoms with van der Waals surface area (Å²) in [5, 5.41) is 9.89. The normalized spacial score (nSPS) is 40.2. The summed E-state index contributed by atoms with van der Waals surface area (Å²) in [6.07, 6.45) is 17.5. The quantitative estimate of drug-likeness (QED) is 0.170. The highest BCUT2D eigenvalue weighted by atomic mass is 16.5. The number of phenols is 1. The molecule has 5 aliphatic rings. The molecule has 5 aliphatic carbocycles. The Morgan fingerprint density at radius 3 is 2.49 bits per heavy atom. The lowest BCUT2D eigenvalue weighted by molar-refractivity contribution is -0.185. The molecular weight excluding hydrogens is 556 g/mol. The van der Waals surface area contributed by atoms with Crippen molar-refractivity contribution in [2.75, 3.05) is 7.11 Å². The van der Waals surface area contributed by atoms with Crippen molar-refractivity contribution in [3.8, 4) is 11.5 Å². The summed E-state index contributed by atoms with van der Waals surface area (Å²) in [6.45, 7) is 21.7. The zero-order chi connectivity index (χ0) is 32.6. The molecule has 0 unspecified atom stereocenters. The minimum atomic E-state index is -0.279. The predicted molar refractivity (Wildman–Crippen MR) is 183 cm³/mol. The number of benzene rings is 1. The fourth-order valence-corrected chi connectivity index (χ4v) is 12.7. The van der Waals surface area contributed by atoms with E-state index in [2.05, 4.69) is 55.0 Å². The Kier molecular flexibility index (Phi) is 8.13. The van der Waals surface area contributed by atoms with Crippen LogP contribution in [0.2, 0.25) is 0 Å². The van der Waals surface area contributed by atoms with Crippen LogP contribution in [0.15, 0.2) is 36.4 Å². The smallest absolute Gasteiger partial charge is 0.331 e. The summed E-state index contributed by atoms with van der Waals surface area (Å²) < 4.78 is 11.5. The van der Waals surface area contributed by atoms with E-state index in [1.165, 1.54) is 83.0 Å². The van der Waals surface area contributed by atoms with Gasteiger partial charge in [0.25, 0.3) is 0 Å². The molecule has 0 amide bonds. The molecule has 0 radical (unpaired) electrons. The van der Waals surface area contributed by atoms with Crippen LogP contribution in [0.25, 0.3) is 6.08 Å². The molecule has 4 heteroatoms. The maximum atomic E-state index is 13.1.